The molecule has 0 aromatic carbocycles. The molecule has 2 N–H and O–H groups in total. The van der Waals surface area contributed by atoms with Gasteiger partial charge in [0.25, 0.3) is 0 Å². The summed E-state index contributed by atoms with van der Waals surface area (Å²) in [5, 5.41) is 7.00. The molecule has 0 bridgehead atoms. The van der Waals surface area contributed by atoms with Gasteiger partial charge in [-0.1, -0.05) is 13.3 Å². The summed E-state index contributed by atoms with van der Waals surface area (Å²) in [5.41, 5.74) is 0. The molecule has 2 aliphatic rings. The number of piperidine rings is 1. The first-order chi connectivity index (χ1) is 8.40. The summed E-state index contributed by atoms with van der Waals surface area (Å²) in [7, 11) is 0. The lowest BCUT2D eigenvalue weighted by Gasteiger charge is -2.22. The predicted molar refractivity (Wildman–Crippen MR) is 71.3 cm³/mol. The number of rotatable bonds is 8. The van der Waals surface area contributed by atoms with E-state index in [0.717, 1.165) is 38.2 Å². The van der Waals surface area contributed by atoms with Gasteiger partial charge >= 0.3 is 0 Å². The molecule has 3 nitrogen and oxygen atoms in total. The third-order valence-corrected chi connectivity index (χ3v) is 3.95. The molecule has 0 amide bonds. The zero-order valence-electron chi connectivity index (χ0n) is 11.2. The van der Waals surface area contributed by atoms with Crippen molar-refractivity contribution < 1.29 is 4.74 Å². The van der Waals surface area contributed by atoms with Crippen molar-refractivity contribution in [3.8, 4) is 0 Å². The van der Waals surface area contributed by atoms with Crippen LogP contribution < -0.4 is 10.6 Å². The van der Waals surface area contributed by atoms with Crippen LogP contribution in [-0.4, -0.2) is 38.4 Å². The third kappa shape index (κ3) is 4.94. The minimum atomic E-state index is 0.519. The molecule has 1 heterocycles. The van der Waals surface area contributed by atoms with E-state index in [1.54, 1.807) is 0 Å². The first-order valence-corrected chi connectivity index (χ1v) is 7.46. The van der Waals surface area contributed by atoms with E-state index >= 15 is 0 Å². The Bertz CT molecular complexity index is 204. The minimum Gasteiger partial charge on any atom is -0.378 e. The highest BCUT2D eigenvalue weighted by atomic mass is 16.5. The number of nitrogens with one attached hydrogen (secondary N) is 2. The molecule has 0 radical (unpaired) electrons. The van der Waals surface area contributed by atoms with E-state index < -0.39 is 0 Å². The lowest BCUT2D eigenvalue weighted by molar-refractivity contribution is 0.0317. The molecule has 2 fully saturated rings. The SMILES string of the molecule is CCCC1CC1NCCCOC1CCNCC1. The average molecular weight is 240 g/mol. The Morgan fingerprint density at radius 3 is 2.88 bits per heavy atom. The van der Waals surface area contributed by atoms with Gasteiger partial charge in [-0.2, -0.15) is 0 Å². The lowest BCUT2D eigenvalue weighted by atomic mass is 10.1. The molecule has 0 aromatic rings. The molecule has 100 valence electrons. The summed E-state index contributed by atoms with van der Waals surface area (Å²) in [6, 6.07) is 0.828. The van der Waals surface area contributed by atoms with Crippen LogP contribution in [0, 0.1) is 5.92 Å². The van der Waals surface area contributed by atoms with Gasteiger partial charge in [0, 0.05) is 12.6 Å². The van der Waals surface area contributed by atoms with Gasteiger partial charge in [-0.25, -0.2) is 0 Å². The summed E-state index contributed by atoms with van der Waals surface area (Å²) in [6.45, 7) is 6.61. The fourth-order valence-electron chi connectivity index (χ4n) is 2.76. The molecule has 3 heteroatoms. The highest BCUT2D eigenvalue weighted by molar-refractivity contribution is 4.92. The van der Waals surface area contributed by atoms with Gasteiger partial charge < -0.3 is 15.4 Å². The maximum atomic E-state index is 5.88. The number of ether oxygens (including phenoxy) is 1. The van der Waals surface area contributed by atoms with Crippen LogP contribution in [0.25, 0.3) is 0 Å². The minimum absolute atomic E-state index is 0.519. The number of hydrogen-bond donors (Lipinski definition) is 2. The van der Waals surface area contributed by atoms with Crippen molar-refractivity contribution in [2.75, 3.05) is 26.2 Å². The quantitative estimate of drug-likeness (QED) is 0.636. The molecule has 1 aliphatic carbocycles. The molecule has 1 saturated heterocycles. The van der Waals surface area contributed by atoms with Crippen LogP contribution in [0.3, 0.4) is 0 Å². The summed E-state index contributed by atoms with van der Waals surface area (Å²) in [4.78, 5) is 0. The molecular formula is C14H28N2O. The standard InChI is InChI=1S/C14H28N2O/c1-2-4-12-11-14(12)16-7-3-10-17-13-5-8-15-9-6-13/h12-16H,2-11H2,1H3. The largest absolute Gasteiger partial charge is 0.378 e. The predicted octanol–water partition coefficient (Wildman–Crippen LogP) is 1.92. The smallest absolute Gasteiger partial charge is 0.0599 e. The summed E-state index contributed by atoms with van der Waals surface area (Å²) in [6.07, 6.45) is 8.21. The maximum absolute atomic E-state index is 5.88. The Kier molecular flexibility index (Phi) is 5.75. The maximum Gasteiger partial charge on any atom is 0.0599 e. The van der Waals surface area contributed by atoms with Crippen LogP contribution in [0.1, 0.15) is 45.4 Å². The van der Waals surface area contributed by atoms with Gasteiger partial charge in [0.1, 0.15) is 0 Å². The summed E-state index contributed by atoms with van der Waals surface area (Å²) < 4.78 is 5.88. The first kappa shape index (κ1) is 13.3. The zero-order chi connectivity index (χ0) is 11.9. The highest BCUT2D eigenvalue weighted by Crippen LogP contribution is 2.34. The van der Waals surface area contributed by atoms with E-state index in [9.17, 15) is 0 Å². The summed E-state index contributed by atoms with van der Waals surface area (Å²) >= 11 is 0. The van der Waals surface area contributed by atoms with Gasteiger partial charge in [0.15, 0.2) is 0 Å². The molecule has 0 spiro atoms. The topological polar surface area (TPSA) is 33.3 Å². The third-order valence-electron chi connectivity index (χ3n) is 3.95. The molecule has 1 saturated carbocycles. The fraction of sp³-hybridized carbons (Fsp3) is 1.00. The van der Waals surface area contributed by atoms with E-state index in [-0.39, 0.29) is 0 Å². The second kappa shape index (κ2) is 7.34. The van der Waals surface area contributed by atoms with Crippen molar-refractivity contribution in [1.29, 1.82) is 0 Å². The van der Waals surface area contributed by atoms with Crippen molar-refractivity contribution in [3.63, 3.8) is 0 Å². The molecule has 2 unspecified atom stereocenters. The van der Waals surface area contributed by atoms with Crippen LogP contribution in [0.2, 0.25) is 0 Å². The molecule has 0 aromatic heterocycles. The molecule has 17 heavy (non-hydrogen) atoms. The Labute approximate surface area is 106 Å². The highest BCUT2D eigenvalue weighted by Gasteiger charge is 2.34. The fourth-order valence-corrected chi connectivity index (χ4v) is 2.76. The van der Waals surface area contributed by atoms with Gasteiger partial charge in [-0.05, 0) is 57.7 Å². The number of hydrogen-bond acceptors (Lipinski definition) is 3. The van der Waals surface area contributed by atoms with Crippen LogP contribution >= 0.6 is 0 Å². The van der Waals surface area contributed by atoms with E-state index in [0.29, 0.717) is 6.10 Å². The molecule has 2 atom stereocenters. The second-order valence-electron chi connectivity index (χ2n) is 5.52. The zero-order valence-corrected chi connectivity index (χ0v) is 11.2. The van der Waals surface area contributed by atoms with Crippen molar-refractivity contribution in [2.24, 2.45) is 5.92 Å². The molecular weight excluding hydrogens is 212 g/mol. The normalized spacial score (nSPS) is 29.5. The van der Waals surface area contributed by atoms with E-state index in [4.69, 9.17) is 4.74 Å². The van der Waals surface area contributed by atoms with Gasteiger partial charge in [0.2, 0.25) is 0 Å². The van der Waals surface area contributed by atoms with Crippen molar-refractivity contribution in [1.82, 2.24) is 10.6 Å². The van der Waals surface area contributed by atoms with Crippen LogP contribution in [0.4, 0.5) is 0 Å². The van der Waals surface area contributed by atoms with E-state index in [2.05, 4.69) is 17.6 Å². The second-order valence-corrected chi connectivity index (χ2v) is 5.52. The first-order valence-electron chi connectivity index (χ1n) is 7.46. The van der Waals surface area contributed by atoms with Crippen LogP contribution in [-0.2, 0) is 4.74 Å². The average Bonchev–Trinajstić information content (AvgIpc) is 3.09. The van der Waals surface area contributed by atoms with Crippen LogP contribution in [0.15, 0.2) is 0 Å². The Morgan fingerprint density at radius 2 is 2.12 bits per heavy atom. The monoisotopic (exact) mass is 240 g/mol. The van der Waals surface area contributed by atoms with Crippen molar-refractivity contribution in [3.05, 3.63) is 0 Å². The Balaban J connectivity index is 1.39. The van der Waals surface area contributed by atoms with Gasteiger partial charge in [0.05, 0.1) is 6.10 Å². The van der Waals surface area contributed by atoms with Crippen LogP contribution in [0.5, 0.6) is 0 Å². The lowest BCUT2D eigenvalue weighted by Crippen LogP contribution is -2.33. The molecule has 1 aliphatic heterocycles. The Hall–Kier alpha value is -0.120. The molecule has 2 rings (SSSR count). The van der Waals surface area contributed by atoms with Crippen molar-refractivity contribution in [2.45, 2.75) is 57.6 Å². The van der Waals surface area contributed by atoms with Crippen molar-refractivity contribution >= 4 is 0 Å². The summed E-state index contributed by atoms with van der Waals surface area (Å²) in [5.74, 6) is 0.977. The van der Waals surface area contributed by atoms with E-state index in [1.807, 2.05) is 0 Å². The Morgan fingerprint density at radius 1 is 1.29 bits per heavy atom. The van der Waals surface area contributed by atoms with E-state index in [1.165, 1.54) is 38.5 Å². The van der Waals surface area contributed by atoms with Gasteiger partial charge in [-0.15, -0.1) is 0 Å². The van der Waals surface area contributed by atoms with Gasteiger partial charge in [-0.3, -0.25) is 0 Å².